The van der Waals surface area contributed by atoms with Crippen molar-refractivity contribution in [1.29, 1.82) is 0 Å². The number of methoxy groups -OCH3 is 1. The van der Waals surface area contributed by atoms with Crippen molar-refractivity contribution in [1.82, 2.24) is 9.88 Å². The summed E-state index contributed by atoms with van der Waals surface area (Å²) in [5.41, 5.74) is 3.09. The van der Waals surface area contributed by atoms with Gasteiger partial charge in [0, 0.05) is 37.1 Å². The first-order chi connectivity index (χ1) is 12.6. The van der Waals surface area contributed by atoms with Crippen LogP contribution in [0.15, 0.2) is 48.7 Å². The predicted molar refractivity (Wildman–Crippen MR) is 101 cm³/mol. The number of ether oxygens (including phenoxy) is 1. The van der Waals surface area contributed by atoms with Gasteiger partial charge >= 0.3 is 0 Å². The molecule has 0 atom stereocenters. The highest BCUT2D eigenvalue weighted by Gasteiger charge is 2.12. The van der Waals surface area contributed by atoms with Gasteiger partial charge in [-0.25, -0.2) is 4.39 Å². The van der Waals surface area contributed by atoms with Crippen LogP contribution in [0, 0.1) is 5.82 Å². The molecule has 1 aromatic heterocycles. The van der Waals surface area contributed by atoms with E-state index in [1.54, 1.807) is 24.1 Å². The summed E-state index contributed by atoms with van der Waals surface area (Å²) >= 11 is 0. The Morgan fingerprint density at radius 2 is 2.04 bits per heavy atom. The molecule has 0 fully saturated rings. The number of aryl methyl sites for hydroxylation is 1. The van der Waals surface area contributed by atoms with Gasteiger partial charge in [0.25, 0.3) is 0 Å². The first-order valence-corrected chi connectivity index (χ1v) is 8.70. The fraction of sp³-hybridized carbons (Fsp3) is 0.286. The summed E-state index contributed by atoms with van der Waals surface area (Å²) in [4.78, 5) is 17.2. The number of nitrogens with zero attached hydrogens (tertiary/aromatic N) is 1. The molecule has 136 valence electrons. The van der Waals surface area contributed by atoms with E-state index in [0.717, 1.165) is 23.9 Å². The molecule has 0 aliphatic rings. The summed E-state index contributed by atoms with van der Waals surface area (Å²) in [5.74, 6) is -0.146. The van der Waals surface area contributed by atoms with E-state index in [1.807, 2.05) is 24.4 Å². The van der Waals surface area contributed by atoms with Crippen LogP contribution in [0.2, 0.25) is 0 Å². The van der Waals surface area contributed by atoms with E-state index in [9.17, 15) is 9.18 Å². The molecule has 2 aromatic carbocycles. The molecular weight excluding hydrogens is 331 g/mol. The minimum Gasteiger partial charge on any atom is -0.494 e. The van der Waals surface area contributed by atoms with Crippen molar-refractivity contribution >= 4 is 16.8 Å². The quantitative estimate of drug-likeness (QED) is 0.688. The second kappa shape index (κ2) is 8.04. The molecule has 0 bridgehead atoms. The van der Waals surface area contributed by atoms with Crippen LogP contribution in [0.3, 0.4) is 0 Å². The zero-order valence-electron chi connectivity index (χ0n) is 15.1. The van der Waals surface area contributed by atoms with Gasteiger partial charge < -0.3 is 14.6 Å². The SMILES string of the molecule is COc1ccc(CN(C)C(=O)CCCc2c[nH]c3ccccc23)cc1F. The van der Waals surface area contributed by atoms with Crippen LogP contribution in [0.1, 0.15) is 24.0 Å². The van der Waals surface area contributed by atoms with Gasteiger partial charge in [-0.05, 0) is 42.2 Å². The fourth-order valence-corrected chi connectivity index (χ4v) is 3.13. The molecule has 0 aliphatic carbocycles. The standard InChI is InChI=1S/C21H23FN2O2/c1-24(14-15-10-11-20(26-2)18(22)12-15)21(25)9-5-6-16-13-23-19-8-4-3-7-17(16)19/h3-4,7-8,10-13,23H,5-6,9,14H2,1-2H3. The monoisotopic (exact) mass is 354 g/mol. The molecule has 1 heterocycles. The van der Waals surface area contributed by atoms with Crippen molar-refractivity contribution in [2.75, 3.05) is 14.2 Å². The van der Waals surface area contributed by atoms with Gasteiger partial charge in [0.1, 0.15) is 0 Å². The third kappa shape index (κ3) is 4.04. The van der Waals surface area contributed by atoms with Gasteiger partial charge in [-0.2, -0.15) is 0 Å². The summed E-state index contributed by atoms with van der Waals surface area (Å²) in [7, 11) is 3.18. The number of benzene rings is 2. The Kier molecular flexibility index (Phi) is 5.56. The Bertz CT molecular complexity index is 904. The molecule has 3 aromatic rings. The van der Waals surface area contributed by atoms with Crippen LogP contribution < -0.4 is 4.74 Å². The highest BCUT2D eigenvalue weighted by molar-refractivity contribution is 5.83. The van der Waals surface area contributed by atoms with Crippen LogP contribution in [0.25, 0.3) is 10.9 Å². The van der Waals surface area contributed by atoms with Crippen molar-refractivity contribution < 1.29 is 13.9 Å². The summed E-state index contributed by atoms with van der Waals surface area (Å²) in [5, 5.41) is 1.21. The second-order valence-electron chi connectivity index (χ2n) is 6.43. The minimum atomic E-state index is -0.412. The molecule has 1 N–H and O–H groups in total. The molecule has 0 saturated carbocycles. The molecule has 0 radical (unpaired) electrons. The number of nitrogens with one attached hydrogen (secondary N) is 1. The number of amides is 1. The fourth-order valence-electron chi connectivity index (χ4n) is 3.13. The zero-order valence-corrected chi connectivity index (χ0v) is 15.1. The van der Waals surface area contributed by atoms with Gasteiger partial charge in [0.2, 0.25) is 5.91 Å². The number of hydrogen-bond donors (Lipinski definition) is 1. The number of fused-ring (bicyclic) bond motifs is 1. The average molecular weight is 354 g/mol. The van der Waals surface area contributed by atoms with E-state index >= 15 is 0 Å². The summed E-state index contributed by atoms with van der Waals surface area (Å²) in [6.07, 6.45) is 4.11. The molecular formula is C21H23FN2O2. The lowest BCUT2D eigenvalue weighted by Crippen LogP contribution is -2.26. The molecule has 26 heavy (non-hydrogen) atoms. The van der Waals surface area contributed by atoms with Crippen LogP contribution in [0.4, 0.5) is 4.39 Å². The van der Waals surface area contributed by atoms with E-state index in [0.29, 0.717) is 13.0 Å². The Morgan fingerprint density at radius 3 is 2.81 bits per heavy atom. The lowest BCUT2D eigenvalue weighted by Gasteiger charge is -2.17. The Hall–Kier alpha value is -2.82. The van der Waals surface area contributed by atoms with Gasteiger partial charge in [0.15, 0.2) is 11.6 Å². The smallest absolute Gasteiger partial charge is 0.222 e. The number of hydrogen-bond acceptors (Lipinski definition) is 2. The Labute approximate surface area is 152 Å². The van der Waals surface area contributed by atoms with Gasteiger partial charge in [-0.15, -0.1) is 0 Å². The van der Waals surface area contributed by atoms with Gasteiger partial charge in [-0.1, -0.05) is 24.3 Å². The molecule has 3 rings (SSSR count). The summed E-state index contributed by atoms with van der Waals surface area (Å²) < 4.78 is 18.7. The predicted octanol–water partition coefficient (Wildman–Crippen LogP) is 4.30. The van der Waals surface area contributed by atoms with Gasteiger partial charge in [0.05, 0.1) is 7.11 Å². The molecule has 0 aliphatic heterocycles. The van der Waals surface area contributed by atoms with Crippen LogP contribution in [-0.2, 0) is 17.8 Å². The van der Waals surface area contributed by atoms with Crippen molar-refractivity contribution in [2.45, 2.75) is 25.8 Å². The van der Waals surface area contributed by atoms with Gasteiger partial charge in [-0.3, -0.25) is 4.79 Å². The molecule has 0 spiro atoms. The van der Waals surface area contributed by atoms with Crippen LogP contribution in [-0.4, -0.2) is 29.9 Å². The summed E-state index contributed by atoms with van der Waals surface area (Å²) in [6.45, 7) is 0.382. The first-order valence-electron chi connectivity index (χ1n) is 8.70. The number of aromatic nitrogens is 1. The van der Waals surface area contributed by atoms with Crippen LogP contribution in [0.5, 0.6) is 5.75 Å². The average Bonchev–Trinajstić information content (AvgIpc) is 3.05. The third-order valence-corrected chi connectivity index (χ3v) is 4.57. The lowest BCUT2D eigenvalue weighted by atomic mass is 10.1. The zero-order chi connectivity index (χ0) is 18.5. The van der Waals surface area contributed by atoms with E-state index in [-0.39, 0.29) is 11.7 Å². The van der Waals surface area contributed by atoms with Crippen molar-refractivity contribution in [3.05, 3.63) is 65.6 Å². The summed E-state index contributed by atoms with van der Waals surface area (Å²) in [6, 6.07) is 12.9. The van der Waals surface area contributed by atoms with Crippen molar-refractivity contribution in [3.8, 4) is 5.75 Å². The van der Waals surface area contributed by atoms with E-state index in [4.69, 9.17) is 4.74 Å². The lowest BCUT2D eigenvalue weighted by molar-refractivity contribution is -0.130. The second-order valence-corrected chi connectivity index (χ2v) is 6.43. The Balaban J connectivity index is 1.52. The topological polar surface area (TPSA) is 45.3 Å². The number of para-hydroxylation sites is 1. The first kappa shape index (κ1) is 18.0. The highest BCUT2D eigenvalue weighted by Crippen LogP contribution is 2.20. The van der Waals surface area contributed by atoms with Crippen molar-refractivity contribution in [3.63, 3.8) is 0 Å². The van der Waals surface area contributed by atoms with E-state index in [1.165, 1.54) is 24.1 Å². The number of H-pyrrole nitrogens is 1. The maximum atomic E-state index is 13.8. The van der Waals surface area contributed by atoms with Crippen LogP contribution >= 0.6 is 0 Å². The maximum absolute atomic E-state index is 13.8. The normalized spacial score (nSPS) is 10.9. The number of halogens is 1. The number of carbonyl (C=O) groups is 1. The molecule has 0 saturated heterocycles. The molecule has 0 unspecified atom stereocenters. The third-order valence-electron chi connectivity index (χ3n) is 4.57. The largest absolute Gasteiger partial charge is 0.494 e. The molecule has 5 heteroatoms. The molecule has 4 nitrogen and oxygen atoms in total. The number of carbonyl (C=O) groups excluding carboxylic acids is 1. The minimum absolute atomic E-state index is 0.0565. The van der Waals surface area contributed by atoms with E-state index in [2.05, 4.69) is 11.1 Å². The Morgan fingerprint density at radius 1 is 1.23 bits per heavy atom. The maximum Gasteiger partial charge on any atom is 0.222 e. The number of rotatable bonds is 7. The molecule has 1 amide bonds. The van der Waals surface area contributed by atoms with Crippen molar-refractivity contribution in [2.24, 2.45) is 0 Å². The van der Waals surface area contributed by atoms with E-state index < -0.39 is 5.82 Å². The number of aromatic amines is 1. The highest BCUT2D eigenvalue weighted by atomic mass is 19.1.